The van der Waals surface area contributed by atoms with Gasteiger partial charge in [0.15, 0.2) is 0 Å². The smallest absolute Gasteiger partial charge is 0.131 e. The van der Waals surface area contributed by atoms with Crippen molar-refractivity contribution in [3.8, 4) is 0 Å². The first-order valence-corrected chi connectivity index (χ1v) is 8.47. The third-order valence-corrected chi connectivity index (χ3v) is 4.86. The maximum absolute atomic E-state index is 5.48. The van der Waals surface area contributed by atoms with Gasteiger partial charge in [0.25, 0.3) is 0 Å². The molecule has 0 aliphatic carbocycles. The molecule has 2 aliphatic heterocycles. The number of para-hydroxylation sites is 1. The number of aromatic nitrogens is 1. The molecule has 1 aromatic heterocycles. The Kier molecular flexibility index (Phi) is 4.06. The minimum Gasteiger partial charge on any atom is -0.378 e. The van der Waals surface area contributed by atoms with Gasteiger partial charge in [0.05, 0.1) is 18.7 Å². The normalized spacial score (nSPS) is 20.2. The second kappa shape index (κ2) is 6.34. The number of morpholine rings is 1. The molecular weight excluding hydrogens is 288 g/mol. The molecule has 0 spiro atoms. The molecule has 0 unspecified atom stereocenters. The predicted molar refractivity (Wildman–Crippen MR) is 94.5 cm³/mol. The highest BCUT2D eigenvalue weighted by Crippen LogP contribution is 2.31. The van der Waals surface area contributed by atoms with Gasteiger partial charge in [-0.15, -0.1) is 0 Å². The monoisotopic (exact) mass is 312 g/mol. The van der Waals surface area contributed by atoms with Crippen LogP contribution in [0.15, 0.2) is 30.3 Å². The van der Waals surface area contributed by atoms with Crippen LogP contribution < -0.4 is 9.80 Å². The average Bonchev–Trinajstić information content (AvgIpc) is 2.62. The Morgan fingerprint density at radius 3 is 2.43 bits per heavy atom. The number of piperazine rings is 1. The third-order valence-electron chi connectivity index (χ3n) is 4.86. The summed E-state index contributed by atoms with van der Waals surface area (Å²) in [4.78, 5) is 12.1. The first-order chi connectivity index (χ1) is 11.3. The van der Waals surface area contributed by atoms with Crippen molar-refractivity contribution >= 4 is 22.4 Å². The second-order valence-corrected chi connectivity index (χ2v) is 6.41. The van der Waals surface area contributed by atoms with E-state index in [2.05, 4.69) is 52.1 Å². The van der Waals surface area contributed by atoms with Gasteiger partial charge in [0.2, 0.25) is 0 Å². The van der Waals surface area contributed by atoms with Crippen molar-refractivity contribution in [2.24, 2.45) is 0 Å². The SMILES string of the molecule is CN1CCN(c2cc(N3CCOCC3)nc3ccccc23)CC1. The number of fused-ring (bicyclic) bond motifs is 1. The Labute approximate surface area is 137 Å². The number of hydrogen-bond acceptors (Lipinski definition) is 5. The van der Waals surface area contributed by atoms with Crippen molar-refractivity contribution < 1.29 is 4.74 Å². The van der Waals surface area contributed by atoms with E-state index in [1.54, 1.807) is 0 Å². The molecular formula is C18H24N4O. The summed E-state index contributed by atoms with van der Waals surface area (Å²) in [5.74, 6) is 1.08. The van der Waals surface area contributed by atoms with Gasteiger partial charge in [-0.05, 0) is 13.1 Å². The fourth-order valence-corrected chi connectivity index (χ4v) is 3.41. The van der Waals surface area contributed by atoms with E-state index in [0.29, 0.717) is 0 Å². The van der Waals surface area contributed by atoms with Crippen LogP contribution in [-0.4, -0.2) is 69.4 Å². The van der Waals surface area contributed by atoms with Crippen LogP contribution in [0.3, 0.4) is 0 Å². The van der Waals surface area contributed by atoms with Crippen LogP contribution >= 0.6 is 0 Å². The van der Waals surface area contributed by atoms with E-state index in [9.17, 15) is 0 Å². The van der Waals surface area contributed by atoms with E-state index in [0.717, 1.165) is 63.8 Å². The predicted octanol–water partition coefficient (Wildman–Crippen LogP) is 1.82. The summed E-state index contributed by atoms with van der Waals surface area (Å²) >= 11 is 0. The molecule has 2 fully saturated rings. The number of benzene rings is 1. The van der Waals surface area contributed by atoms with Crippen LogP contribution in [0.1, 0.15) is 0 Å². The van der Waals surface area contributed by atoms with E-state index in [-0.39, 0.29) is 0 Å². The van der Waals surface area contributed by atoms with Crippen molar-refractivity contribution in [2.45, 2.75) is 0 Å². The summed E-state index contributed by atoms with van der Waals surface area (Å²) in [6.45, 7) is 7.81. The molecule has 0 atom stereocenters. The number of nitrogens with zero attached hydrogens (tertiary/aromatic N) is 4. The van der Waals surface area contributed by atoms with E-state index < -0.39 is 0 Å². The minimum atomic E-state index is 0.790. The van der Waals surface area contributed by atoms with Crippen LogP contribution in [-0.2, 0) is 4.74 Å². The van der Waals surface area contributed by atoms with Crippen LogP contribution in [0.4, 0.5) is 11.5 Å². The summed E-state index contributed by atoms with van der Waals surface area (Å²) in [5, 5.41) is 1.26. The summed E-state index contributed by atoms with van der Waals surface area (Å²) in [6.07, 6.45) is 0. The van der Waals surface area contributed by atoms with E-state index in [1.165, 1.54) is 11.1 Å². The number of anilines is 2. The first-order valence-electron chi connectivity index (χ1n) is 8.47. The van der Waals surface area contributed by atoms with Gasteiger partial charge in [-0.25, -0.2) is 4.98 Å². The van der Waals surface area contributed by atoms with Crippen LogP contribution in [0.25, 0.3) is 10.9 Å². The molecule has 0 N–H and O–H groups in total. The number of pyridine rings is 1. The molecule has 4 rings (SSSR count). The largest absolute Gasteiger partial charge is 0.378 e. The summed E-state index contributed by atoms with van der Waals surface area (Å²) < 4.78 is 5.48. The van der Waals surface area contributed by atoms with E-state index >= 15 is 0 Å². The lowest BCUT2D eigenvalue weighted by atomic mass is 10.1. The fourth-order valence-electron chi connectivity index (χ4n) is 3.41. The fraction of sp³-hybridized carbons (Fsp3) is 0.500. The highest BCUT2D eigenvalue weighted by atomic mass is 16.5. The lowest BCUT2D eigenvalue weighted by Crippen LogP contribution is -2.44. The molecule has 0 amide bonds. The van der Waals surface area contributed by atoms with Gasteiger partial charge in [-0.3, -0.25) is 0 Å². The van der Waals surface area contributed by atoms with Crippen LogP contribution in [0, 0.1) is 0 Å². The first kappa shape index (κ1) is 14.7. The lowest BCUT2D eigenvalue weighted by Gasteiger charge is -2.35. The molecule has 122 valence electrons. The molecule has 0 radical (unpaired) electrons. The summed E-state index contributed by atoms with van der Waals surface area (Å²) in [5.41, 5.74) is 2.41. The highest BCUT2D eigenvalue weighted by Gasteiger charge is 2.20. The zero-order chi connectivity index (χ0) is 15.6. The van der Waals surface area contributed by atoms with Crippen molar-refractivity contribution in [3.63, 3.8) is 0 Å². The molecule has 5 nitrogen and oxygen atoms in total. The van der Waals surface area contributed by atoms with Crippen molar-refractivity contribution in [1.29, 1.82) is 0 Å². The van der Waals surface area contributed by atoms with Gasteiger partial charge in [-0.1, -0.05) is 18.2 Å². The molecule has 2 aliphatic rings. The zero-order valence-corrected chi connectivity index (χ0v) is 13.7. The lowest BCUT2D eigenvalue weighted by molar-refractivity contribution is 0.122. The second-order valence-electron chi connectivity index (χ2n) is 6.41. The molecule has 0 bridgehead atoms. The zero-order valence-electron chi connectivity index (χ0n) is 13.7. The van der Waals surface area contributed by atoms with Gasteiger partial charge >= 0.3 is 0 Å². The van der Waals surface area contributed by atoms with Crippen LogP contribution in [0.2, 0.25) is 0 Å². The number of likely N-dealkylation sites (N-methyl/N-ethyl adjacent to an activating group) is 1. The van der Waals surface area contributed by atoms with Gasteiger partial charge in [-0.2, -0.15) is 0 Å². The van der Waals surface area contributed by atoms with Crippen molar-refractivity contribution in [3.05, 3.63) is 30.3 Å². The highest BCUT2D eigenvalue weighted by molar-refractivity contribution is 5.93. The number of ether oxygens (including phenoxy) is 1. The molecule has 0 saturated carbocycles. The standard InChI is InChI=1S/C18H24N4O/c1-20-6-8-21(9-7-20)17-14-18(22-10-12-23-13-11-22)19-16-5-3-2-4-15(16)17/h2-5,14H,6-13H2,1H3. The van der Waals surface area contributed by atoms with Gasteiger partial charge < -0.3 is 19.4 Å². The topological polar surface area (TPSA) is 31.8 Å². The maximum Gasteiger partial charge on any atom is 0.131 e. The van der Waals surface area contributed by atoms with Gasteiger partial charge in [0.1, 0.15) is 5.82 Å². The Morgan fingerprint density at radius 1 is 0.913 bits per heavy atom. The summed E-state index contributed by atoms with van der Waals surface area (Å²) in [6, 6.07) is 10.8. The average molecular weight is 312 g/mol. The Hall–Kier alpha value is -1.85. The van der Waals surface area contributed by atoms with Gasteiger partial charge in [0, 0.05) is 56.4 Å². The van der Waals surface area contributed by atoms with E-state index in [4.69, 9.17) is 9.72 Å². The third kappa shape index (κ3) is 2.99. The number of hydrogen-bond donors (Lipinski definition) is 0. The molecule has 2 aromatic rings. The molecule has 3 heterocycles. The molecule has 23 heavy (non-hydrogen) atoms. The minimum absolute atomic E-state index is 0.790. The van der Waals surface area contributed by atoms with Crippen LogP contribution in [0.5, 0.6) is 0 Å². The summed E-state index contributed by atoms with van der Waals surface area (Å²) in [7, 11) is 2.20. The number of rotatable bonds is 2. The maximum atomic E-state index is 5.48. The Balaban J connectivity index is 1.74. The van der Waals surface area contributed by atoms with Crippen molar-refractivity contribution in [2.75, 3.05) is 69.3 Å². The quantitative estimate of drug-likeness (QED) is 0.844. The Bertz CT molecular complexity index is 676. The molecule has 1 aromatic carbocycles. The molecule has 2 saturated heterocycles. The Morgan fingerprint density at radius 2 is 1.65 bits per heavy atom. The van der Waals surface area contributed by atoms with Crippen molar-refractivity contribution in [1.82, 2.24) is 9.88 Å². The van der Waals surface area contributed by atoms with E-state index in [1.807, 2.05) is 0 Å². The molecule has 5 heteroatoms.